The quantitative estimate of drug-likeness (QED) is 0.444. The van der Waals surface area contributed by atoms with E-state index >= 15 is 0 Å². The number of carbonyl (C=O) groups excluding carboxylic acids is 4. The van der Waals surface area contributed by atoms with Crippen LogP contribution in [-0.2, 0) is 28.7 Å². The summed E-state index contributed by atoms with van der Waals surface area (Å²) in [6.07, 6.45) is 3.33. The fraction of sp³-hybridized carbons (Fsp3) is 0.333. The first-order valence-electron chi connectivity index (χ1n) is 5.51. The molecule has 0 radical (unpaired) electrons. The molecule has 0 amide bonds. The zero-order chi connectivity index (χ0) is 12.9. The van der Waals surface area contributed by atoms with E-state index in [9.17, 15) is 19.2 Å². The Hall–Kier alpha value is -2.24. The molecule has 0 spiro atoms. The van der Waals surface area contributed by atoms with Crippen molar-refractivity contribution < 1.29 is 28.7 Å². The van der Waals surface area contributed by atoms with Gasteiger partial charge in [-0.25, -0.2) is 9.59 Å². The van der Waals surface area contributed by atoms with E-state index in [1.807, 2.05) is 0 Å². The molecule has 3 rings (SSSR count). The first kappa shape index (κ1) is 10.9. The molecule has 6 nitrogen and oxygen atoms in total. The smallest absolute Gasteiger partial charge is 0.346 e. The lowest BCUT2D eigenvalue weighted by atomic mass is 9.85. The highest BCUT2D eigenvalue weighted by Gasteiger charge is 2.44. The van der Waals surface area contributed by atoms with Crippen molar-refractivity contribution in [1.29, 1.82) is 0 Å². The summed E-state index contributed by atoms with van der Waals surface area (Å²) >= 11 is 0. The molecule has 2 unspecified atom stereocenters. The number of ether oxygens (including phenoxy) is 2. The Morgan fingerprint density at radius 1 is 1.00 bits per heavy atom. The van der Waals surface area contributed by atoms with Gasteiger partial charge >= 0.3 is 23.9 Å². The maximum Gasteiger partial charge on any atom is 0.346 e. The van der Waals surface area contributed by atoms with Crippen molar-refractivity contribution in [2.45, 2.75) is 12.8 Å². The van der Waals surface area contributed by atoms with E-state index in [1.54, 1.807) is 0 Å². The van der Waals surface area contributed by atoms with Crippen LogP contribution in [0.5, 0.6) is 0 Å². The highest BCUT2D eigenvalue weighted by Crippen LogP contribution is 2.35. The first-order valence-corrected chi connectivity index (χ1v) is 5.51. The molecule has 2 heterocycles. The Morgan fingerprint density at radius 2 is 1.78 bits per heavy atom. The maximum atomic E-state index is 11.4. The number of hydrogen-bond acceptors (Lipinski definition) is 6. The van der Waals surface area contributed by atoms with Crippen LogP contribution in [0.1, 0.15) is 12.8 Å². The molecule has 2 aliphatic heterocycles. The molecule has 0 aromatic rings. The summed E-state index contributed by atoms with van der Waals surface area (Å²) in [6.45, 7) is 0. The van der Waals surface area contributed by atoms with Crippen LogP contribution in [-0.4, -0.2) is 23.9 Å². The molecule has 18 heavy (non-hydrogen) atoms. The lowest BCUT2D eigenvalue weighted by molar-refractivity contribution is -0.154. The Morgan fingerprint density at radius 3 is 2.56 bits per heavy atom. The molecule has 0 saturated carbocycles. The lowest BCUT2D eigenvalue weighted by Crippen LogP contribution is -2.18. The first-order chi connectivity index (χ1) is 8.58. The zero-order valence-electron chi connectivity index (χ0n) is 9.17. The van der Waals surface area contributed by atoms with Crippen LogP contribution in [0, 0.1) is 11.8 Å². The van der Waals surface area contributed by atoms with Gasteiger partial charge in [-0.2, -0.15) is 0 Å². The number of carbonyl (C=O) groups is 4. The molecule has 0 aromatic heterocycles. The summed E-state index contributed by atoms with van der Waals surface area (Å²) in [6, 6.07) is 0. The van der Waals surface area contributed by atoms with Crippen molar-refractivity contribution in [3.8, 4) is 0 Å². The molecule has 0 bridgehead atoms. The largest absolute Gasteiger partial charge is 0.392 e. The van der Waals surface area contributed by atoms with Crippen LogP contribution in [0.15, 0.2) is 23.3 Å². The van der Waals surface area contributed by atoms with Gasteiger partial charge in [-0.05, 0) is 12.8 Å². The zero-order valence-corrected chi connectivity index (χ0v) is 9.17. The number of esters is 4. The van der Waals surface area contributed by atoms with Crippen LogP contribution in [0.2, 0.25) is 0 Å². The van der Waals surface area contributed by atoms with E-state index in [4.69, 9.17) is 0 Å². The summed E-state index contributed by atoms with van der Waals surface area (Å²) in [5.74, 6) is -3.81. The van der Waals surface area contributed by atoms with Gasteiger partial charge in [0.05, 0.1) is 23.0 Å². The fourth-order valence-electron chi connectivity index (χ4n) is 2.40. The molecule has 92 valence electrons. The molecular formula is C12H8O6. The second kappa shape index (κ2) is 3.63. The number of fused-ring (bicyclic) bond motifs is 1. The molecule has 1 fully saturated rings. The van der Waals surface area contributed by atoms with Crippen molar-refractivity contribution >= 4 is 23.9 Å². The minimum Gasteiger partial charge on any atom is -0.392 e. The van der Waals surface area contributed by atoms with Gasteiger partial charge in [-0.1, -0.05) is 12.2 Å². The Kier molecular flexibility index (Phi) is 2.19. The Labute approximate surface area is 101 Å². The van der Waals surface area contributed by atoms with Gasteiger partial charge in [0.25, 0.3) is 0 Å². The average Bonchev–Trinajstić information content (AvgIpc) is 2.65. The second-order valence-corrected chi connectivity index (χ2v) is 4.34. The third kappa shape index (κ3) is 1.42. The van der Waals surface area contributed by atoms with Crippen molar-refractivity contribution in [2.24, 2.45) is 11.8 Å². The summed E-state index contributed by atoms with van der Waals surface area (Å²) in [5, 5.41) is 0. The van der Waals surface area contributed by atoms with Gasteiger partial charge < -0.3 is 9.47 Å². The summed E-state index contributed by atoms with van der Waals surface area (Å²) < 4.78 is 9.04. The molecule has 2 atom stereocenters. The van der Waals surface area contributed by atoms with Crippen molar-refractivity contribution in [1.82, 2.24) is 0 Å². The van der Waals surface area contributed by atoms with Crippen LogP contribution >= 0.6 is 0 Å². The molecule has 0 aromatic carbocycles. The standard InChI is InChI=1S/C12H8O6/c13-9-5-1-2-6-8(12(16)18-10(6)14)4-3-7(5)11(15)17-9/h1-2,5,7H,3-4H2/b2-1-. The van der Waals surface area contributed by atoms with E-state index in [0.29, 0.717) is 6.42 Å². The summed E-state index contributed by atoms with van der Waals surface area (Å²) in [7, 11) is 0. The van der Waals surface area contributed by atoms with Crippen LogP contribution in [0.4, 0.5) is 0 Å². The molecule has 1 saturated heterocycles. The van der Waals surface area contributed by atoms with Crippen LogP contribution < -0.4 is 0 Å². The lowest BCUT2D eigenvalue weighted by Gasteiger charge is -2.11. The Bertz CT molecular complexity index is 553. The van der Waals surface area contributed by atoms with E-state index in [1.165, 1.54) is 12.2 Å². The topological polar surface area (TPSA) is 86.7 Å². The van der Waals surface area contributed by atoms with Crippen molar-refractivity contribution in [3.05, 3.63) is 23.3 Å². The van der Waals surface area contributed by atoms with Crippen molar-refractivity contribution in [3.63, 3.8) is 0 Å². The van der Waals surface area contributed by atoms with Gasteiger partial charge in [0.2, 0.25) is 0 Å². The molecule has 1 aliphatic carbocycles. The SMILES string of the molecule is O=C1OC(=O)C2=C1/C=C\C1C(=O)OC(=O)C1CC2. The summed E-state index contributed by atoms with van der Waals surface area (Å²) in [4.78, 5) is 45.7. The molecule has 0 N–H and O–H groups in total. The van der Waals surface area contributed by atoms with E-state index in [-0.39, 0.29) is 17.6 Å². The predicted molar refractivity (Wildman–Crippen MR) is 54.6 cm³/mol. The minimum absolute atomic E-state index is 0.172. The second-order valence-electron chi connectivity index (χ2n) is 4.34. The predicted octanol–water partition coefficient (Wildman–Crippen LogP) is 0.0322. The number of rotatable bonds is 0. The monoisotopic (exact) mass is 248 g/mol. The number of hydrogen-bond donors (Lipinski definition) is 0. The normalized spacial score (nSPS) is 32.4. The third-order valence-electron chi connectivity index (χ3n) is 3.36. The highest BCUT2D eigenvalue weighted by atomic mass is 16.6. The van der Waals surface area contributed by atoms with Crippen molar-refractivity contribution in [2.75, 3.05) is 0 Å². The Balaban J connectivity index is 2.00. The molecular weight excluding hydrogens is 240 g/mol. The van der Waals surface area contributed by atoms with E-state index < -0.39 is 35.7 Å². The van der Waals surface area contributed by atoms with Gasteiger partial charge in [-0.15, -0.1) is 0 Å². The third-order valence-corrected chi connectivity index (χ3v) is 3.36. The minimum atomic E-state index is -0.706. The average molecular weight is 248 g/mol. The van der Waals surface area contributed by atoms with E-state index in [2.05, 4.69) is 9.47 Å². The highest BCUT2D eigenvalue weighted by molar-refractivity contribution is 6.14. The maximum absolute atomic E-state index is 11.4. The number of cyclic esters (lactones) is 4. The van der Waals surface area contributed by atoms with Gasteiger partial charge in [-0.3, -0.25) is 9.59 Å². The molecule has 6 heteroatoms. The van der Waals surface area contributed by atoms with Gasteiger partial charge in [0, 0.05) is 0 Å². The van der Waals surface area contributed by atoms with Crippen LogP contribution in [0.3, 0.4) is 0 Å². The molecule has 3 aliphatic rings. The van der Waals surface area contributed by atoms with Gasteiger partial charge in [0.1, 0.15) is 0 Å². The summed E-state index contributed by atoms with van der Waals surface area (Å²) in [5.41, 5.74) is 0.437. The van der Waals surface area contributed by atoms with E-state index in [0.717, 1.165) is 0 Å². The fourth-order valence-corrected chi connectivity index (χ4v) is 2.40. The van der Waals surface area contributed by atoms with Gasteiger partial charge in [0.15, 0.2) is 0 Å². The van der Waals surface area contributed by atoms with Crippen LogP contribution in [0.25, 0.3) is 0 Å².